The Morgan fingerprint density at radius 2 is 1.93 bits per heavy atom. The van der Waals surface area contributed by atoms with Crippen LogP contribution in [-0.4, -0.2) is 38.2 Å². The van der Waals surface area contributed by atoms with Gasteiger partial charge in [0.2, 0.25) is 11.8 Å². The van der Waals surface area contributed by atoms with Gasteiger partial charge >= 0.3 is 0 Å². The molecular weight excluding hydrogens is 390 g/mol. The Labute approximate surface area is 162 Å². The highest BCUT2D eigenvalue weighted by molar-refractivity contribution is 7.92. The van der Waals surface area contributed by atoms with Crippen molar-refractivity contribution in [1.29, 1.82) is 0 Å². The third kappa shape index (κ3) is 4.78. The van der Waals surface area contributed by atoms with Gasteiger partial charge in [0.1, 0.15) is 0 Å². The van der Waals surface area contributed by atoms with Crippen molar-refractivity contribution >= 4 is 44.8 Å². The maximum atomic E-state index is 12.6. The Balaban J connectivity index is 1.71. The van der Waals surface area contributed by atoms with Gasteiger partial charge in [-0.25, -0.2) is 8.42 Å². The van der Waals surface area contributed by atoms with Crippen LogP contribution in [0, 0.1) is 0 Å². The number of nitrogens with zero attached hydrogens (tertiary/aromatic N) is 1. The predicted octanol–water partition coefficient (Wildman–Crippen LogP) is 2.70. The first-order chi connectivity index (χ1) is 12.8. The molecule has 2 N–H and O–H groups in total. The van der Waals surface area contributed by atoms with E-state index in [1.54, 1.807) is 30.3 Å². The van der Waals surface area contributed by atoms with Gasteiger partial charge in [0.25, 0.3) is 10.0 Å². The molecule has 0 bridgehead atoms. The molecule has 27 heavy (non-hydrogen) atoms. The summed E-state index contributed by atoms with van der Waals surface area (Å²) in [6.45, 7) is 0.510. The minimum atomic E-state index is -3.88. The quantitative estimate of drug-likeness (QED) is 0.769. The molecule has 3 rings (SSSR count). The van der Waals surface area contributed by atoms with Gasteiger partial charge in [0, 0.05) is 18.7 Å². The molecule has 9 heteroatoms. The van der Waals surface area contributed by atoms with Crippen molar-refractivity contribution in [2.24, 2.45) is 0 Å². The molecule has 1 heterocycles. The van der Waals surface area contributed by atoms with E-state index >= 15 is 0 Å². The van der Waals surface area contributed by atoms with Gasteiger partial charge in [-0.1, -0.05) is 29.8 Å². The first kappa shape index (κ1) is 19.2. The van der Waals surface area contributed by atoms with Crippen LogP contribution in [0.4, 0.5) is 11.4 Å². The SMILES string of the molecule is O=C(CN1CCCC1=O)Nc1cccc(S(=O)(=O)Nc2ccccc2Cl)c1. The molecule has 0 spiro atoms. The fraction of sp³-hybridized carbons (Fsp3) is 0.222. The summed E-state index contributed by atoms with van der Waals surface area (Å²) >= 11 is 5.99. The summed E-state index contributed by atoms with van der Waals surface area (Å²) in [5.41, 5.74) is 0.592. The Bertz CT molecular complexity index is 978. The Morgan fingerprint density at radius 3 is 2.63 bits per heavy atom. The van der Waals surface area contributed by atoms with Crippen LogP contribution in [0.25, 0.3) is 0 Å². The molecule has 1 aliphatic heterocycles. The lowest BCUT2D eigenvalue weighted by atomic mass is 10.3. The summed E-state index contributed by atoms with van der Waals surface area (Å²) < 4.78 is 27.6. The van der Waals surface area contributed by atoms with E-state index in [1.165, 1.54) is 23.1 Å². The van der Waals surface area contributed by atoms with Crippen LogP contribution in [0.1, 0.15) is 12.8 Å². The molecule has 1 saturated heterocycles. The van der Waals surface area contributed by atoms with Gasteiger partial charge in [-0.05, 0) is 36.8 Å². The second kappa shape index (κ2) is 7.98. The standard InChI is InChI=1S/C18H18ClN3O4S/c19-15-7-1-2-8-16(15)21-27(25,26)14-6-3-5-13(11-14)20-17(23)12-22-10-4-9-18(22)24/h1-3,5-8,11,21H,4,9-10,12H2,(H,20,23). The number of halogens is 1. The van der Waals surface area contributed by atoms with Gasteiger partial charge in [-0.2, -0.15) is 0 Å². The number of benzene rings is 2. The van der Waals surface area contributed by atoms with Crippen LogP contribution in [0.15, 0.2) is 53.4 Å². The molecule has 2 aromatic carbocycles. The average molecular weight is 408 g/mol. The molecular formula is C18H18ClN3O4S. The number of carbonyl (C=O) groups excluding carboxylic acids is 2. The maximum Gasteiger partial charge on any atom is 0.262 e. The lowest BCUT2D eigenvalue weighted by Crippen LogP contribution is -2.34. The van der Waals surface area contributed by atoms with Crippen molar-refractivity contribution in [3.8, 4) is 0 Å². The summed E-state index contributed by atoms with van der Waals surface area (Å²) in [6, 6.07) is 12.4. The molecule has 0 unspecified atom stereocenters. The molecule has 0 saturated carbocycles. The molecule has 0 aromatic heterocycles. The van der Waals surface area contributed by atoms with E-state index < -0.39 is 10.0 Å². The fourth-order valence-electron chi connectivity index (χ4n) is 2.73. The largest absolute Gasteiger partial charge is 0.333 e. The van der Waals surface area contributed by atoms with Gasteiger partial charge in [-0.15, -0.1) is 0 Å². The Hall–Kier alpha value is -2.58. The second-order valence-electron chi connectivity index (χ2n) is 6.08. The number of carbonyl (C=O) groups is 2. The van der Waals surface area contributed by atoms with Crippen LogP contribution < -0.4 is 10.0 Å². The summed E-state index contributed by atoms with van der Waals surface area (Å²) in [5, 5.41) is 2.90. The van der Waals surface area contributed by atoms with Crippen molar-refractivity contribution in [2.45, 2.75) is 17.7 Å². The molecule has 7 nitrogen and oxygen atoms in total. The zero-order valence-corrected chi connectivity index (χ0v) is 15.9. The van der Waals surface area contributed by atoms with E-state index in [0.29, 0.717) is 18.7 Å². The molecule has 142 valence electrons. The minimum Gasteiger partial charge on any atom is -0.333 e. The summed E-state index contributed by atoms with van der Waals surface area (Å²) in [6.07, 6.45) is 1.20. The normalized spacial score (nSPS) is 14.3. The number of sulfonamides is 1. The number of hydrogen-bond acceptors (Lipinski definition) is 4. The van der Waals surface area contributed by atoms with E-state index in [9.17, 15) is 18.0 Å². The monoisotopic (exact) mass is 407 g/mol. The topological polar surface area (TPSA) is 95.6 Å². The number of nitrogens with one attached hydrogen (secondary N) is 2. The summed E-state index contributed by atoms with van der Waals surface area (Å²) in [4.78, 5) is 25.2. The van der Waals surface area contributed by atoms with Gasteiger partial charge in [0.05, 0.1) is 22.2 Å². The van der Waals surface area contributed by atoms with Crippen LogP contribution in [0.5, 0.6) is 0 Å². The van der Waals surface area contributed by atoms with Crippen LogP contribution in [-0.2, 0) is 19.6 Å². The number of amides is 2. The Kier molecular flexibility index (Phi) is 5.67. The van der Waals surface area contributed by atoms with Gasteiger partial charge in [-0.3, -0.25) is 14.3 Å². The van der Waals surface area contributed by atoms with E-state index in [0.717, 1.165) is 6.42 Å². The fourth-order valence-corrected chi connectivity index (χ4v) is 4.10. The molecule has 2 amide bonds. The lowest BCUT2D eigenvalue weighted by Gasteiger charge is -2.15. The number of rotatable bonds is 6. The number of hydrogen-bond donors (Lipinski definition) is 2. The smallest absolute Gasteiger partial charge is 0.262 e. The third-order valence-electron chi connectivity index (χ3n) is 4.05. The minimum absolute atomic E-state index is 0.0162. The van der Waals surface area contributed by atoms with Crippen molar-refractivity contribution in [3.63, 3.8) is 0 Å². The zero-order valence-electron chi connectivity index (χ0n) is 14.3. The molecule has 1 aliphatic rings. The number of likely N-dealkylation sites (tertiary alicyclic amines) is 1. The highest BCUT2D eigenvalue weighted by atomic mass is 35.5. The lowest BCUT2D eigenvalue weighted by molar-refractivity contribution is -0.131. The van der Waals surface area contributed by atoms with Gasteiger partial charge < -0.3 is 10.2 Å². The first-order valence-corrected chi connectivity index (χ1v) is 10.2. The van der Waals surface area contributed by atoms with Crippen LogP contribution >= 0.6 is 11.6 Å². The Morgan fingerprint density at radius 1 is 1.15 bits per heavy atom. The van der Waals surface area contributed by atoms with Crippen molar-refractivity contribution < 1.29 is 18.0 Å². The number of anilines is 2. The maximum absolute atomic E-state index is 12.6. The predicted molar refractivity (Wildman–Crippen MR) is 103 cm³/mol. The van der Waals surface area contributed by atoms with E-state index in [2.05, 4.69) is 10.0 Å². The third-order valence-corrected chi connectivity index (χ3v) is 5.74. The first-order valence-electron chi connectivity index (χ1n) is 8.30. The van der Waals surface area contributed by atoms with Crippen molar-refractivity contribution in [2.75, 3.05) is 23.1 Å². The highest BCUT2D eigenvalue weighted by Gasteiger charge is 2.22. The molecule has 1 fully saturated rings. The van der Waals surface area contributed by atoms with Crippen molar-refractivity contribution in [3.05, 3.63) is 53.6 Å². The second-order valence-corrected chi connectivity index (χ2v) is 8.17. The zero-order chi connectivity index (χ0) is 19.4. The molecule has 2 aromatic rings. The summed E-state index contributed by atoms with van der Waals surface area (Å²) in [5.74, 6) is -0.427. The van der Waals surface area contributed by atoms with E-state index in [4.69, 9.17) is 11.6 Å². The van der Waals surface area contributed by atoms with Crippen LogP contribution in [0.2, 0.25) is 5.02 Å². The average Bonchev–Trinajstić information content (AvgIpc) is 3.02. The van der Waals surface area contributed by atoms with Gasteiger partial charge in [0.15, 0.2) is 0 Å². The van der Waals surface area contributed by atoms with E-state index in [-0.39, 0.29) is 34.0 Å². The summed E-state index contributed by atoms with van der Waals surface area (Å²) in [7, 11) is -3.88. The number of para-hydroxylation sites is 1. The van der Waals surface area contributed by atoms with E-state index in [1.807, 2.05) is 0 Å². The molecule has 0 atom stereocenters. The molecule has 0 aliphatic carbocycles. The highest BCUT2D eigenvalue weighted by Crippen LogP contribution is 2.25. The van der Waals surface area contributed by atoms with Crippen LogP contribution in [0.3, 0.4) is 0 Å². The molecule has 0 radical (unpaired) electrons. The van der Waals surface area contributed by atoms with Crippen molar-refractivity contribution in [1.82, 2.24) is 4.90 Å².